The number of aliphatic hydroxyl groups excluding tert-OH is 1. The van der Waals surface area contributed by atoms with Crippen molar-refractivity contribution in [2.24, 2.45) is 0 Å². The lowest BCUT2D eigenvalue weighted by Crippen LogP contribution is -2.53. The monoisotopic (exact) mass is 296 g/mol. The number of amides is 2. The molecule has 1 aromatic rings. The van der Waals surface area contributed by atoms with Crippen molar-refractivity contribution in [3.63, 3.8) is 0 Å². The van der Waals surface area contributed by atoms with Crippen molar-refractivity contribution in [2.75, 3.05) is 0 Å². The van der Waals surface area contributed by atoms with Crippen LogP contribution in [0.4, 0.5) is 4.79 Å². The van der Waals surface area contributed by atoms with Crippen molar-refractivity contribution in [3.8, 4) is 0 Å². The van der Waals surface area contributed by atoms with Crippen molar-refractivity contribution in [3.05, 3.63) is 18.2 Å². The maximum absolute atomic E-state index is 11.9. The Balaban J connectivity index is 1.87. The highest BCUT2D eigenvalue weighted by molar-refractivity contribution is 5.82. The molecule has 5 N–H and O–H groups in total. The van der Waals surface area contributed by atoms with Crippen LogP contribution < -0.4 is 10.6 Å². The number of aliphatic carboxylic acids is 1. The molecule has 1 saturated carbocycles. The number of hydrogen-bond acceptors (Lipinski definition) is 4. The number of carbonyl (C=O) groups is 2. The zero-order valence-corrected chi connectivity index (χ0v) is 11.6. The number of aliphatic hydroxyl groups is 1. The normalized spacial score (nSPS) is 23.3. The third-order valence-electron chi connectivity index (χ3n) is 3.63. The number of nitrogens with one attached hydrogen (secondary N) is 3. The van der Waals surface area contributed by atoms with Crippen LogP contribution in [0.15, 0.2) is 12.5 Å². The molecule has 8 nitrogen and oxygen atoms in total. The number of urea groups is 1. The topological polar surface area (TPSA) is 127 Å². The second kappa shape index (κ2) is 7.07. The van der Waals surface area contributed by atoms with Gasteiger partial charge in [-0.1, -0.05) is 12.8 Å². The van der Waals surface area contributed by atoms with Crippen LogP contribution in [0.25, 0.3) is 0 Å². The molecule has 0 radical (unpaired) electrons. The van der Waals surface area contributed by atoms with Gasteiger partial charge >= 0.3 is 12.0 Å². The third kappa shape index (κ3) is 4.45. The van der Waals surface area contributed by atoms with Gasteiger partial charge in [0.2, 0.25) is 0 Å². The smallest absolute Gasteiger partial charge is 0.326 e. The van der Waals surface area contributed by atoms with Crippen LogP contribution in [0.2, 0.25) is 0 Å². The first-order valence-electron chi connectivity index (χ1n) is 7.01. The molecule has 0 saturated heterocycles. The summed E-state index contributed by atoms with van der Waals surface area (Å²) in [6.07, 6.45) is 5.76. The lowest BCUT2D eigenvalue weighted by Gasteiger charge is -2.28. The lowest BCUT2D eigenvalue weighted by molar-refractivity contribution is -0.139. The summed E-state index contributed by atoms with van der Waals surface area (Å²) in [5.74, 6) is -1.12. The number of imidazole rings is 1. The summed E-state index contributed by atoms with van der Waals surface area (Å²) in [5, 5.41) is 24.0. The lowest BCUT2D eigenvalue weighted by atomic mass is 9.93. The van der Waals surface area contributed by atoms with E-state index >= 15 is 0 Å². The molecular weight excluding hydrogens is 276 g/mol. The number of carbonyl (C=O) groups excluding carboxylic acids is 1. The van der Waals surface area contributed by atoms with E-state index in [1.165, 1.54) is 12.5 Å². The zero-order chi connectivity index (χ0) is 15.2. The van der Waals surface area contributed by atoms with Crippen molar-refractivity contribution < 1.29 is 19.8 Å². The van der Waals surface area contributed by atoms with Crippen molar-refractivity contribution >= 4 is 12.0 Å². The van der Waals surface area contributed by atoms with Gasteiger partial charge in [-0.05, 0) is 12.8 Å². The molecule has 3 unspecified atom stereocenters. The molecule has 1 aliphatic rings. The first kappa shape index (κ1) is 15.3. The highest BCUT2D eigenvalue weighted by Crippen LogP contribution is 2.18. The Bertz CT molecular complexity index is 477. The average molecular weight is 296 g/mol. The summed E-state index contributed by atoms with van der Waals surface area (Å²) >= 11 is 0. The van der Waals surface area contributed by atoms with Gasteiger partial charge in [0.15, 0.2) is 0 Å². The Morgan fingerprint density at radius 2 is 2.19 bits per heavy atom. The Labute approximate surface area is 122 Å². The summed E-state index contributed by atoms with van der Waals surface area (Å²) in [6, 6.07) is -1.95. The molecule has 1 heterocycles. The maximum atomic E-state index is 11.9. The molecule has 0 spiro atoms. The molecule has 0 aliphatic heterocycles. The van der Waals surface area contributed by atoms with E-state index in [4.69, 9.17) is 5.11 Å². The number of H-pyrrole nitrogens is 1. The molecule has 8 heteroatoms. The van der Waals surface area contributed by atoms with Crippen molar-refractivity contribution in [1.29, 1.82) is 0 Å². The SMILES string of the molecule is O=C(NC(Cc1cnc[nH]1)C(=O)O)NC1CCCCC1O. The molecule has 1 fully saturated rings. The maximum Gasteiger partial charge on any atom is 0.326 e. The summed E-state index contributed by atoms with van der Waals surface area (Å²) in [5.41, 5.74) is 0.625. The molecule has 0 bridgehead atoms. The van der Waals surface area contributed by atoms with Crippen LogP contribution >= 0.6 is 0 Å². The molecule has 2 rings (SSSR count). The van der Waals surface area contributed by atoms with Gasteiger partial charge in [-0.15, -0.1) is 0 Å². The number of aromatic amines is 1. The van der Waals surface area contributed by atoms with Gasteiger partial charge in [-0.3, -0.25) is 0 Å². The second-order valence-electron chi connectivity index (χ2n) is 5.25. The summed E-state index contributed by atoms with van der Waals surface area (Å²) in [4.78, 5) is 29.7. The van der Waals surface area contributed by atoms with E-state index in [-0.39, 0.29) is 12.5 Å². The fraction of sp³-hybridized carbons (Fsp3) is 0.615. The minimum absolute atomic E-state index is 0.121. The van der Waals surface area contributed by atoms with E-state index in [1.807, 2.05) is 0 Å². The van der Waals surface area contributed by atoms with Crippen LogP contribution in [0.1, 0.15) is 31.4 Å². The van der Waals surface area contributed by atoms with Gasteiger partial charge < -0.3 is 25.8 Å². The van der Waals surface area contributed by atoms with Gasteiger partial charge in [0.25, 0.3) is 0 Å². The highest BCUT2D eigenvalue weighted by Gasteiger charge is 2.27. The van der Waals surface area contributed by atoms with E-state index in [2.05, 4.69) is 20.6 Å². The van der Waals surface area contributed by atoms with Crippen LogP contribution in [0.3, 0.4) is 0 Å². The van der Waals surface area contributed by atoms with Crippen LogP contribution in [0, 0.1) is 0 Å². The first-order chi connectivity index (χ1) is 10.1. The predicted molar refractivity (Wildman–Crippen MR) is 73.6 cm³/mol. The number of hydrogen-bond donors (Lipinski definition) is 5. The third-order valence-corrected chi connectivity index (χ3v) is 3.63. The molecule has 3 atom stereocenters. The Morgan fingerprint density at radius 3 is 2.81 bits per heavy atom. The van der Waals surface area contributed by atoms with E-state index < -0.39 is 24.1 Å². The van der Waals surface area contributed by atoms with Crippen molar-refractivity contribution in [2.45, 2.75) is 50.3 Å². The first-order valence-corrected chi connectivity index (χ1v) is 7.01. The fourth-order valence-corrected chi connectivity index (χ4v) is 2.46. The number of rotatable bonds is 5. The van der Waals surface area contributed by atoms with Gasteiger partial charge in [-0.2, -0.15) is 0 Å². The summed E-state index contributed by atoms with van der Waals surface area (Å²) in [7, 11) is 0. The molecule has 0 aromatic carbocycles. The number of carboxylic acids is 1. The Hall–Kier alpha value is -2.09. The summed E-state index contributed by atoms with van der Waals surface area (Å²) in [6.45, 7) is 0. The van der Waals surface area contributed by atoms with Crippen LogP contribution in [-0.2, 0) is 11.2 Å². The standard InChI is InChI=1S/C13H20N4O4/c18-11-4-2-1-3-9(11)16-13(21)17-10(12(19)20)5-8-6-14-7-15-8/h6-7,9-11,18H,1-5H2,(H,14,15)(H,19,20)(H2,16,17,21). The van der Waals surface area contributed by atoms with Crippen molar-refractivity contribution in [1.82, 2.24) is 20.6 Å². The number of nitrogens with zero attached hydrogens (tertiary/aromatic N) is 1. The molecule has 21 heavy (non-hydrogen) atoms. The van der Waals surface area contributed by atoms with E-state index in [9.17, 15) is 14.7 Å². The molecule has 2 amide bonds. The number of carboxylic acid groups (broad SMARTS) is 1. The van der Waals surface area contributed by atoms with Gasteiger partial charge in [0, 0.05) is 18.3 Å². The van der Waals surface area contributed by atoms with E-state index in [1.54, 1.807) is 0 Å². The zero-order valence-electron chi connectivity index (χ0n) is 11.6. The van der Waals surface area contributed by atoms with E-state index in [0.29, 0.717) is 18.5 Å². The minimum Gasteiger partial charge on any atom is -0.480 e. The summed E-state index contributed by atoms with van der Waals surface area (Å²) < 4.78 is 0. The van der Waals surface area contributed by atoms with Gasteiger partial charge in [0.1, 0.15) is 6.04 Å². The average Bonchev–Trinajstić information content (AvgIpc) is 2.93. The van der Waals surface area contributed by atoms with Crippen LogP contribution in [-0.4, -0.2) is 50.4 Å². The molecule has 1 aromatic heterocycles. The van der Waals surface area contributed by atoms with E-state index in [0.717, 1.165) is 12.8 Å². The predicted octanol–water partition coefficient (Wildman–Crippen LogP) is 0.00810. The van der Waals surface area contributed by atoms with Gasteiger partial charge in [-0.25, -0.2) is 14.6 Å². The van der Waals surface area contributed by atoms with Crippen LogP contribution in [0.5, 0.6) is 0 Å². The quantitative estimate of drug-likeness (QED) is 0.523. The Morgan fingerprint density at radius 1 is 1.43 bits per heavy atom. The minimum atomic E-state index is -1.12. The Kier molecular flexibility index (Phi) is 5.15. The largest absolute Gasteiger partial charge is 0.480 e. The highest BCUT2D eigenvalue weighted by atomic mass is 16.4. The second-order valence-corrected chi connectivity index (χ2v) is 5.25. The molecule has 116 valence electrons. The fourth-order valence-electron chi connectivity index (χ4n) is 2.46. The van der Waals surface area contributed by atoms with Gasteiger partial charge in [0.05, 0.1) is 18.5 Å². The molecular formula is C13H20N4O4. The molecule has 1 aliphatic carbocycles. The number of aromatic nitrogens is 2.